The number of hydrogen-bond acceptors (Lipinski definition) is 5. The summed E-state index contributed by atoms with van der Waals surface area (Å²) in [6.45, 7) is 3.75. The Morgan fingerprint density at radius 1 is 1.33 bits per heavy atom. The highest BCUT2D eigenvalue weighted by atomic mass is 16.5. The molecule has 0 radical (unpaired) electrons. The summed E-state index contributed by atoms with van der Waals surface area (Å²) in [4.78, 5) is 12.5. The van der Waals surface area contributed by atoms with Crippen LogP contribution in [0, 0.1) is 5.92 Å². The fraction of sp³-hybridized carbons (Fsp3) is 0.412. The van der Waals surface area contributed by atoms with E-state index in [0.717, 1.165) is 0 Å². The molecule has 24 heavy (non-hydrogen) atoms. The second kappa shape index (κ2) is 7.83. The van der Waals surface area contributed by atoms with E-state index in [9.17, 15) is 9.90 Å². The van der Waals surface area contributed by atoms with Crippen LogP contribution in [0.25, 0.3) is 11.3 Å². The first-order valence-electron chi connectivity index (χ1n) is 7.69. The van der Waals surface area contributed by atoms with Crippen LogP contribution in [-0.4, -0.2) is 48.1 Å². The molecule has 0 saturated carbocycles. The van der Waals surface area contributed by atoms with Crippen molar-refractivity contribution >= 4 is 5.91 Å². The van der Waals surface area contributed by atoms with Crippen molar-refractivity contribution in [3.8, 4) is 22.8 Å². The molecule has 0 unspecified atom stereocenters. The van der Waals surface area contributed by atoms with Gasteiger partial charge in [0, 0.05) is 11.6 Å². The van der Waals surface area contributed by atoms with Crippen molar-refractivity contribution in [2.45, 2.75) is 19.9 Å². The predicted octanol–water partition coefficient (Wildman–Crippen LogP) is 1.84. The zero-order chi connectivity index (χ0) is 17.7. The SMILES string of the molecule is COc1ccc(-c2[nH]ncc2C(=O)N[C@H](CO)C(C)C)c(OC)c1. The van der Waals surface area contributed by atoms with Gasteiger partial charge in [-0.15, -0.1) is 0 Å². The van der Waals surface area contributed by atoms with Gasteiger partial charge in [0.25, 0.3) is 5.91 Å². The molecule has 1 aromatic heterocycles. The Kier molecular flexibility index (Phi) is 5.81. The average molecular weight is 333 g/mol. The minimum absolute atomic E-state index is 0.116. The number of nitrogens with one attached hydrogen (secondary N) is 2. The topological polar surface area (TPSA) is 96.5 Å². The Morgan fingerprint density at radius 2 is 2.08 bits per heavy atom. The minimum atomic E-state index is -0.321. The number of aromatic nitrogens is 2. The standard InChI is InChI=1S/C17H23N3O4/c1-10(2)14(9-21)19-17(22)13-8-18-20-16(13)12-6-5-11(23-3)7-15(12)24-4/h5-8,10,14,21H,9H2,1-4H3,(H,18,20)(H,19,22)/t14-/m1/s1. The van der Waals surface area contributed by atoms with Crippen molar-refractivity contribution in [3.63, 3.8) is 0 Å². The lowest BCUT2D eigenvalue weighted by Crippen LogP contribution is -2.41. The van der Waals surface area contributed by atoms with E-state index in [1.807, 2.05) is 13.8 Å². The maximum absolute atomic E-state index is 12.5. The molecule has 0 aliphatic carbocycles. The molecule has 7 heteroatoms. The van der Waals surface area contributed by atoms with Gasteiger partial charge in [0.2, 0.25) is 0 Å². The average Bonchev–Trinajstić information content (AvgIpc) is 3.08. The smallest absolute Gasteiger partial charge is 0.255 e. The van der Waals surface area contributed by atoms with E-state index in [4.69, 9.17) is 9.47 Å². The van der Waals surface area contributed by atoms with Crippen molar-refractivity contribution < 1.29 is 19.4 Å². The van der Waals surface area contributed by atoms with Crippen LogP contribution in [0.3, 0.4) is 0 Å². The molecular formula is C17H23N3O4. The van der Waals surface area contributed by atoms with Crippen LogP contribution in [-0.2, 0) is 0 Å². The maximum Gasteiger partial charge on any atom is 0.255 e. The molecule has 0 aliphatic heterocycles. The van der Waals surface area contributed by atoms with Crippen molar-refractivity contribution in [1.82, 2.24) is 15.5 Å². The summed E-state index contributed by atoms with van der Waals surface area (Å²) in [6.07, 6.45) is 1.46. The highest BCUT2D eigenvalue weighted by molar-refractivity contribution is 6.00. The molecule has 0 fully saturated rings. The molecule has 0 aliphatic rings. The number of carbonyl (C=O) groups is 1. The minimum Gasteiger partial charge on any atom is -0.497 e. The zero-order valence-corrected chi connectivity index (χ0v) is 14.3. The fourth-order valence-electron chi connectivity index (χ4n) is 2.34. The molecule has 1 amide bonds. The number of carbonyl (C=O) groups excluding carboxylic acids is 1. The van der Waals surface area contributed by atoms with Crippen LogP contribution >= 0.6 is 0 Å². The van der Waals surface area contributed by atoms with Crippen LogP contribution in [0.5, 0.6) is 11.5 Å². The number of rotatable bonds is 7. The first-order valence-corrected chi connectivity index (χ1v) is 7.69. The third-order valence-corrected chi connectivity index (χ3v) is 3.88. The van der Waals surface area contributed by atoms with Crippen molar-refractivity contribution in [3.05, 3.63) is 30.0 Å². The van der Waals surface area contributed by atoms with Gasteiger partial charge in [-0.05, 0) is 18.1 Å². The number of benzene rings is 1. The van der Waals surface area contributed by atoms with Crippen LogP contribution in [0.15, 0.2) is 24.4 Å². The molecule has 2 rings (SSSR count). The number of H-pyrrole nitrogens is 1. The highest BCUT2D eigenvalue weighted by Crippen LogP contribution is 2.33. The van der Waals surface area contributed by atoms with Gasteiger partial charge in [-0.3, -0.25) is 9.89 Å². The van der Waals surface area contributed by atoms with Crippen molar-refractivity contribution in [2.24, 2.45) is 5.92 Å². The Hall–Kier alpha value is -2.54. The van der Waals surface area contributed by atoms with Gasteiger partial charge >= 0.3 is 0 Å². The van der Waals surface area contributed by atoms with E-state index in [-0.39, 0.29) is 24.5 Å². The number of aliphatic hydroxyl groups is 1. The summed E-state index contributed by atoms with van der Waals surface area (Å²) in [6, 6.07) is 5.00. The van der Waals surface area contributed by atoms with Gasteiger partial charge < -0.3 is 19.9 Å². The monoisotopic (exact) mass is 333 g/mol. The second-order valence-electron chi connectivity index (χ2n) is 5.73. The summed E-state index contributed by atoms with van der Waals surface area (Å²) >= 11 is 0. The lowest BCUT2D eigenvalue weighted by molar-refractivity contribution is 0.0897. The summed E-state index contributed by atoms with van der Waals surface area (Å²) in [7, 11) is 3.12. The third-order valence-electron chi connectivity index (χ3n) is 3.88. The van der Waals surface area contributed by atoms with Crippen LogP contribution in [0.1, 0.15) is 24.2 Å². The van der Waals surface area contributed by atoms with E-state index in [2.05, 4.69) is 15.5 Å². The van der Waals surface area contributed by atoms with Gasteiger partial charge in [0.1, 0.15) is 11.5 Å². The Balaban J connectivity index is 2.35. The fourth-order valence-corrected chi connectivity index (χ4v) is 2.34. The van der Waals surface area contributed by atoms with Gasteiger partial charge in [-0.1, -0.05) is 13.8 Å². The summed E-state index contributed by atoms with van der Waals surface area (Å²) < 4.78 is 10.6. The number of methoxy groups -OCH3 is 2. The molecule has 0 spiro atoms. The number of nitrogens with zero attached hydrogens (tertiary/aromatic N) is 1. The van der Waals surface area contributed by atoms with Crippen molar-refractivity contribution in [2.75, 3.05) is 20.8 Å². The first kappa shape index (κ1) is 17.8. The summed E-state index contributed by atoms with van der Waals surface area (Å²) in [5, 5.41) is 19.0. The normalized spacial score (nSPS) is 12.1. The second-order valence-corrected chi connectivity index (χ2v) is 5.73. The van der Waals surface area contributed by atoms with Gasteiger partial charge in [0.05, 0.1) is 44.3 Å². The number of ether oxygens (including phenoxy) is 2. The number of amides is 1. The molecular weight excluding hydrogens is 310 g/mol. The van der Waals surface area contributed by atoms with Crippen LogP contribution < -0.4 is 14.8 Å². The van der Waals surface area contributed by atoms with Gasteiger partial charge in [0.15, 0.2) is 0 Å². The molecule has 1 heterocycles. The summed E-state index contributed by atoms with van der Waals surface area (Å²) in [5.74, 6) is 1.03. The summed E-state index contributed by atoms with van der Waals surface area (Å²) in [5.41, 5.74) is 1.64. The number of hydrogen-bond donors (Lipinski definition) is 3. The van der Waals surface area contributed by atoms with Gasteiger partial charge in [-0.25, -0.2) is 0 Å². The highest BCUT2D eigenvalue weighted by Gasteiger charge is 2.22. The first-order chi connectivity index (χ1) is 11.5. The van der Waals surface area contributed by atoms with E-state index in [1.165, 1.54) is 6.20 Å². The largest absolute Gasteiger partial charge is 0.497 e. The lowest BCUT2D eigenvalue weighted by atomic mass is 10.0. The molecule has 7 nitrogen and oxygen atoms in total. The number of aromatic amines is 1. The van der Waals surface area contributed by atoms with E-state index in [0.29, 0.717) is 28.3 Å². The number of aliphatic hydroxyl groups excluding tert-OH is 1. The Labute approximate surface area is 141 Å². The predicted molar refractivity (Wildman–Crippen MR) is 90.3 cm³/mol. The Morgan fingerprint density at radius 3 is 2.67 bits per heavy atom. The van der Waals surface area contributed by atoms with E-state index in [1.54, 1.807) is 32.4 Å². The molecule has 0 saturated heterocycles. The molecule has 0 bridgehead atoms. The maximum atomic E-state index is 12.5. The molecule has 2 aromatic rings. The molecule has 1 aromatic carbocycles. The molecule has 3 N–H and O–H groups in total. The third kappa shape index (κ3) is 3.68. The van der Waals surface area contributed by atoms with E-state index < -0.39 is 0 Å². The molecule has 1 atom stereocenters. The quantitative estimate of drug-likeness (QED) is 0.718. The molecule has 130 valence electrons. The van der Waals surface area contributed by atoms with E-state index >= 15 is 0 Å². The van der Waals surface area contributed by atoms with Crippen LogP contribution in [0.4, 0.5) is 0 Å². The lowest BCUT2D eigenvalue weighted by Gasteiger charge is -2.20. The van der Waals surface area contributed by atoms with Crippen LogP contribution in [0.2, 0.25) is 0 Å². The van der Waals surface area contributed by atoms with Crippen molar-refractivity contribution in [1.29, 1.82) is 0 Å². The zero-order valence-electron chi connectivity index (χ0n) is 14.3. The Bertz CT molecular complexity index is 697. The van der Waals surface area contributed by atoms with Gasteiger partial charge in [-0.2, -0.15) is 5.10 Å².